The molecule has 3 nitrogen and oxygen atoms in total. The first kappa shape index (κ1) is 9.35. The van der Waals surface area contributed by atoms with Crippen LogP contribution in [0.5, 0.6) is 0 Å². The second-order valence-electron chi connectivity index (χ2n) is 2.62. The SMILES string of the molecule is COC1=C(C)C=S(O)C(C)=C1N. The van der Waals surface area contributed by atoms with E-state index in [2.05, 4.69) is 0 Å². The van der Waals surface area contributed by atoms with E-state index in [1.165, 1.54) is 0 Å². The highest BCUT2D eigenvalue weighted by atomic mass is 32.2. The summed E-state index contributed by atoms with van der Waals surface area (Å²) in [5.74, 6) is 0.672. The first-order valence-corrected chi connectivity index (χ1v) is 4.81. The largest absolute Gasteiger partial charge is 0.494 e. The summed E-state index contributed by atoms with van der Waals surface area (Å²) in [7, 11) is 0.751. The lowest BCUT2D eigenvalue weighted by atomic mass is 10.2. The van der Waals surface area contributed by atoms with Gasteiger partial charge in [0.1, 0.15) is 5.76 Å². The maximum Gasteiger partial charge on any atom is 0.146 e. The lowest BCUT2D eigenvalue weighted by Gasteiger charge is -2.17. The van der Waals surface area contributed by atoms with Gasteiger partial charge < -0.3 is 15.0 Å². The summed E-state index contributed by atoms with van der Waals surface area (Å²) >= 11 is 0. The fraction of sp³-hybridized carbons (Fsp3) is 0.375. The van der Waals surface area contributed by atoms with Gasteiger partial charge in [-0.3, -0.25) is 0 Å². The molecule has 0 radical (unpaired) electrons. The van der Waals surface area contributed by atoms with Crippen molar-refractivity contribution < 1.29 is 9.29 Å². The highest BCUT2D eigenvalue weighted by Crippen LogP contribution is 2.30. The minimum Gasteiger partial charge on any atom is -0.494 e. The Bertz CT molecular complexity index is 302. The third-order valence-corrected chi connectivity index (χ3v) is 3.21. The van der Waals surface area contributed by atoms with Crippen LogP contribution in [-0.2, 0) is 4.74 Å². The first-order chi connectivity index (χ1) is 5.57. The monoisotopic (exact) mass is 187 g/mol. The molecule has 1 aliphatic rings. The van der Waals surface area contributed by atoms with E-state index < -0.39 is 10.8 Å². The van der Waals surface area contributed by atoms with Crippen LogP contribution >= 0.6 is 10.8 Å². The van der Waals surface area contributed by atoms with E-state index in [9.17, 15) is 4.55 Å². The van der Waals surface area contributed by atoms with Crippen LogP contribution in [0.3, 0.4) is 0 Å². The van der Waals surface area contributed by atoms with Gasteiger partial charge in [0.2, 0.25) is 0 Å². The summed E-state index contributed by atoms with van der Waals surface area (Å²) in [6, 6.07) is 0. The van der Waals surface area contributed by atoms with Gasteiger partial charge in [-0.05, 0) is 30.0 Å². The average Bonchev–Trinajstić information content (AvgIpc) is 2.01. The standard InChI is InChI=1S/C8H13NO2S/c1-5-4-12(10)6(2)7(9)8(5)11-3/h4,10H,9H2,1-3H3. The third kappa shape index (κ3) is 1.40. The van der Waals surface area contributed by atoms with Crippen molar-refractivity contribution in [1.82, 2.24) is 0 Å². The molecule has 1 rings (SSSR count). The molecule has 0 spiro atoms. The highest BCUT2D eigenvalue weighted by molar-refractivity contribution is 8.13. The van der Waals surface area contributed by atoms with Gasteiger partial charge >= 0.3 is 0 Å². The molecule has 1 aliphatic heterocycles. The molecule has 0 saturated carbocycles. The average molecular weight is 187 g/mol. The summed E-state index contributed by atoms with van der Waals surface area (Å²) < 4.78 is 14.6. The van der Waals surface area contributed by atoms with Crippen molar-refractivity contribution in [1.29, 1.82) is 0 Å². The molecule has 1 unspecified atom stereocenters. The Morgan fingerprint density at radius 1 is 1.50 bits per heavy atom. The molecule has 0 aromatic carbocycles. The zero-order valence-corrected chi connectivity index (χ0v) is 8.23. The van der Waals surface area contributed by atoms with E-state index in [4.69, 9.17) is 10.5 Å². The van der Waals surface area contributed by atoms with Gasteiger partial charge in [0.05, 0.1) is 12.8 Å². The number of rotatable bonds is 1. The minimum atomic E-state index is -0.826. The zero-order valence-electron chi connectivity index (χ0n) is 7.42. The second kappa shape index (κ2) is 3.33. The Morgan fingerprint density at radius 2 is 2.08 bits per heavy atom. The Balaban J connectivity index is 3.25. The van der Waals surface area contributed by atoms with Crippen LogP contribution < -0.4 is 5.73 Å². The van der Waals surface area contributed by atoms with Gasteiger partial charge in [0, 0.05) is 10.5 Å². The predicted molar refractivity (Wildman–Crippen MR) is 52.9 cm³/mol. The highest BCUT2D eigenvalue weighted by Gasteiger charge is 2.14. The topological polar surface area (TPSA) is 55.5 Å². The van der Waals surface area contributed by atoms with E-state index in [1.54, 1.807) is 19.4 Å². The molecule has 1 heterocycles. The molecule has 0 saturated heterocycles. The van der Waals surface area contributed by atoms with Crippen molar-refractivity contribution in [3.05, 3.63) is 21.9 Å². The van der Waals surface area contributed by atoms with Gasteiger partial charge in [-0.1, -0.05) is 0 Å². The van der Waals surface area contributed by atoms with E-state index >= 15 is 0 Å². The Morgan fingerprint density at radius 3 is 2.58 bits per heavy atom. The molecular formula is C8H13NO2S. The predicted octanol–water partition coefficient (Wildman–Crippen LogP) is 1.65. The van der Waals surface area contributed by atoms with Gasteiger partial charge in [-0.25, -0.2) is 0 Å². The van der Waals surface area contributed by atoms with Crippen molar-refractivity contribution in [2.45, 2.75) is 13.8 Å². The summed E-state index contributed by atoms with van der Waals surface area (Å²) in [6.07, 6.45) is 0. The molecule has 0 amide bonds. The molecule has 68 valence electrons. The normalized spacial score (nSPS) is 24.2. The quantitative estimate of drug-likeness (QED) is 0.614. The van der Waals surface area contributed by atoms with Crippen LogP contribution in [0.15, 0.2) is 21.9 Å². The number of allylic oxidation sites excluding steroid dienone is 2. The van der Waals surface area contributed by atoms with Gasteiger partial charge in [-0.15, -0.1) is 0 Å². The second-order valence-corrected chi connectivity index (χ2v) is 4.10. The summed E-state index contributed by atoms with van der Waals surface area (Å²) in [4.78, 5) is 0.775. The number of hydrogen-bond donors (Lipinski definition) is 2. The smallest absolute Gasteiger partial charge is 0.146 e. The molecule has 12 heavy (non-hydrogen) atoms. The molecule has 1 atom stereocenters. The van der Waals surface area contributed by atoms with E-state index in [0.29, 0.717) is 11.5 Å². The van der Waals surface area contributed by atoms with Crippen LogP contribution in [0.4, 0.5) is 0 Å². The van der Waals surface area contributed by atoms with Crippen LogP contribution in [0.25, 0.3) is 0 Å². The molecule has 0 bridgehead atoms. The van der Waals surface area contributed by atoms with Gasteiger partial charge in [0.25, 0.3) is 0 Å². The van der Waals surface area contributed by atoms with Crippen molar-refractivity contribution in [3.63, 3.8) is 0 Å². The van der Waals surface area contributed by atoms with Crippen LogP contribution in [0, 0.1) is 0 Å². The number of hydrogen-bond acceptors (Lipinski definition) is 3. The fourth-order valence-electron chi connectivity index (χ4n) is 1.07. The van der Waals surface area contributed by atoms with Crippen molar-refractivity contribution >= 4 is 16.1 Å². The van der Waals surface area contributed by atoms with Crippen molar-refractivity contribution in [2.24, 2.45) is 5.73 Å². The Kier molecular flexibility index (Phi) is 2.59. The lowest BCUT2D eigenvalue weighted by Crippen LogP contribution is -2.11. The fourth-order valence-corrected chi connectivity index (χ4v) is 2.00. The summed E-state index contributed by atoms with van der Waals surface area (Å²) in [5.41, 5.74) is 7.19. The zero-order chi connectivity index (χ0) is 9.30. The van der Waals surface area contributed by atoms with Crippen LogP contribution in [0.2, 0.25) is 0 Å². The first-order valence-electron chi connectivity index (χ1n) is 3.56. The van der Waals surface area contributed by atoms with Crippen molar-refractivity contribution in [3.8, 4) is 0 Å². The van der Waals surface area contributed by atoms with Gasteiger partial charge in [-0.2, -0.15) is 0 Å². The number of nitrogens with two attached hydrogens (primary N) is 1. The maximum atomic E-state index is 9.48. The molecule has 3 N–H and O–H groups in total. The number of methoxy groups -OCH3 is 1. The van der Waals surface area contributed by atoms with Crippen LogP contribution in [0.1, 0.15) is 13.8 Å². The molecule has 0 aromatic rings. The molecule has 0 aromatic heterocycles. The minimum absolute atomic E-state index is 0.559. The molecule has 0 aliphatic carbocycles. The number of ether oxygens (including phenoxy) is 1. The molecule has 4 heteroatoms. The van der Waals surface area contributed by atoms with Crippen LogP contribution in [-0.4, -0.2) is 17.0 Å². The van der Waals surface area contributed by atoms with E-state index in [0.717, 1.165) is 10.5 Å². The van der Waals surface area contributed by atoms with Crippen molar-refractivity contribution in [2.75, 3.05) is 7.11 Å². The molecular weight excluding hydrogens is 174 g/mol. The van der Waals surface area contributed by atoms with E-state index in [1.807, 2.05) is 6.92 Å². The lowest BCUT2D eigenvalue weighted by molar-refractivity contribution is 0.297. The molecule has 0 fully saturated rings. The Hall–Kier alpha value is -0.740. The van der Waals surface area contributed by atoms with E-state index in [-0.39, 0.29) is 0 Å². The maximum absolute atomic E-state index is 9.48. The third-order valence-electron chi connectivity index (χ3n) is 1.79. The Labute approximate surface area is 74.7 Å². The summed E-state index contributed by atoms with van der Waals surface area (Å²) in [6.45, 7) is 3.68. The summed E-state index contributed by atoms with van der Waals surface area (Å²) in [5, 5.41) is 1.75. The van der Waals surface area contributed by atoms with Gasteiger partial charge in [0.15, 0.2) is 0 Å².